The monoisotopic (exact) mass is 251 g/mol. The number of likely N-dealkylation sites (N-methyl/N-ethyl adjacent to an activating group) is 1. The van der Waals surface area contributed by atoms with Gasteiger partial charge in [-0.05, 0) is 24.6 Å². The molecule has 4 nitrogen and oxygen atoms in total. The van der Waals surface area contributed by atoms with Crippen molar-refractivity contribution in [3.05, 3.63) is 24.2 Å². The quantitative estimate of drug-likeness (QED) is 0.881. The fourth-order valence-corrected chi connectivity index (χ4v) is 2.96. The van der Waals surface area contributed by atoms with Gasteiger partial charge in [0, 0.05) is 32.2 Å². The maximum Gasteiger partial charge on any atom is 0.117 e. The van der Waals surface area contributed by atoms with Crippen LogP contribution in [-0.4, -0.2) is 49.1 Å². The highest BCUT2D eigenvalue weighted by Gasteiger charge is 2.31. The van der Waals surface area contributed by atoms with Gasteiger partial charge in [0.1, 0.15) is 5.76 Å². The summed E-state index contributed by atoms with van der Waals surface area (Å²) in [4.78, 5) is 4.85. The Hall–Kier alpha value is -0.840. The standard InChI is InChI=1S/C14H25N3O/c1-14(2)10-16(3)12(7-15)8-17(11-14)9-13-5-4-6-18-13/h4-6,12H,7-11,15H2,1-3H3. The Bertz CT molecular complexity index is 361. The van der Waals surface area contributed by atoms with Crippen molar-refractivity contribution >= 4 is 0 Å². The number of nitrogens with zero attached hydrogens (tertiary/aromatic N) is 2. The Morgan fingerprint density at radius 1 is 1.44 bits per heavy atom. The average molecular weight is 251 g/mol. The van der Waals surface area contributed by atoms with Crippen LogP contribution in [0.2, 0.25) is 0 Å². The van der Waals surface area contributed by atoms with Crippen LogP contribution >= 0.6 is 0 Å². The zero-order valence-electron chi connectivity index (χ0n) is 11.7. The highest BCUT2D eigenvalue weighted by molar-refractivity contribution is 4.99. The SMILES string of the molecule is CN1CC(C)(C)CN(Cc2ccco2)CC1CN. The molecule has 0 radical (unpaired) electrons. The third kappa shape index (κ3) is 3.34. The van der Waals surface area contributed by atoms with E-state index in [1.54, 1.807) is 6.26 Å². The maximum absolute atomic E-state index is 5.90. The molecule has 0 aliphatic carbocycles. The van der Waals surface area contributed by atoms with Crippen molar-refractivity contribution in [2.75, 3.05) is 33.2 Å². The van der Waals surface area contributed by atoms with Gasteiger partial charge in [-0.15, -0.1) is 0 Å². The maximum atomic E-state index is 5.90. The topological polar surface area (TPSA) is 45.6 Å². The van der Waals surface area contributed by atoms with E-state index in [9.17, 15) is 0 Å². The van der Waals surface area contributed by atoms with Crippen LogP contribution in [0.3, 0.4) is 0 Å². The molecule has 0 spiro atoms. The number of furan rings is 1. The Morgan fingerprint density at radius 2 is 2.22 bits per heavy atom. The van der Waals surface area contributed by atoms with E-state index < -0.39 is 0 Å². The lowest BCUT2D eigenvalue weighted by Gasteiger charge is -2.30. The lowest BCUT2D eigenvalue weighted by molar-refractivity contribution is 0.181. The van der Waals surface area contributed by atoms with E-state index in [1.807, 2.05) is 12.1 Å². The summed E-state index contributed by atoms with van der Waals surface area (Å²) < 4.78 is 5.45. The summed E-state index contributed by atoms with van der Waals surface area (Å²) in [6.45, 7) is 9.40. The third-order valence-electron chi connectivity index (χ3n) is 3.65. The molecule has 1 unspecified atom stereocenters. The summed E-state index contributed by atoms with van der Waals surface area (Å²) in [5.74, 6) is 1.03. The number of hydrogen-bond acceptors (Lipinski definition) is 4. The van der Waals surface area contributed by atoms with Gasteiger partial charge in [-0.2, -0.15) is 0 Å². The lowest BCUT2D eigenvalue weighted by Crippen LogP contribution is -2.43. The van der Waals surface area contributed by atoms with Gasteiger partial charge in [0.15, 0.2) is 0 Å². The Kier molecular flexibility index (Phi) is 4.10. The van der Waals surface area contributed by atoms with Crippen LogP contribution in [0, 0.1) is 5.41 Å². The van der Waals surface area contributed by atoms with Crippen molar-refractivity contribution in [2.24, 2.45) is 11.1 Å². The Balaban J connectivity index is 2.08. The fourth-order valence-electron chi connectivity index (χ4n) is 2.96. The first-order valence-corrected chi connectivity index (χ1v) is 6.65. The second kappa shape index (κ2) is 5.43. The van der Waals surface area contributed by atoms with E-state index in [1.165, 1.54) is 0 Å². The number of hydrogen-bond donors (Lipinski definition) is 1. The van der Waals surface area contributed by atoms with Gasteiger partial charge in [0.05, 0.1) is 12.8 Å². The van der Waals surface area contributed by atoms with Gasteiger partial charge >= 0.3 is 0 Å². The number of rotatable bonds is 3. The van der Waals surface area contributed by atoms with E-state index >= 15 is 0 Å². The molecule has 1 aliphatic rings. The fraction of sp³-hybridized carbons (Fsp3) is 0.714. The minimum atomic E-state index is 0.283. The second-order valence-corrected chi connectivity index (χ2v) is 6.22. The summed E-state index contributed by atoms with van der Waals surface area (Å²) in [6, 6.07) is 4.42. The first-order chi connectivity index (χ1) is 8.50. The van der Waals surface area contributed by atoms with E-state index in [4.69, 9.17) is 10.2 Å². The van der Waals surface area contributed by atoms with Crippen LogP contribution < -0.4 is 5.73 Å². The Labute approximate surface area is 110 Å². The highest BCUT2D eigenvalue weighted by atomic mass is 16.3. The van der Waals surface area contributed by atoms with Crippen LogP contribution in [0.5, 0.6) is 0 Å². The van der Waals surface area contributed by atoms with Crippen LogP contribution in [0.4, 0.5) is 0 Å². The molecule has 0 bridgehead atoms. The molecule has 1 aromatic heterocycles. The molecule has 1 aliphatic heterocycles. The van der Waals surface area contributed by atoms with Crippen molar-refractivity contribution in [1.29, 1.82) is 0 Å². The molecule has 2 heterocycles. The van der Waals surface area contributed by atoms with Crippen LogP contribution in [0.1, 0.15) is 19.6 Å². The molecule has 0 aromatic carbocycles. The minimum absolute atomic E-state index is 0.283. The van der Waals surface area contributed by atoms with Crippen molar-refractivity contribution in [2.45, 2.75) is 26.4 Å². The number of nitrogens with two attached hydrogens (primary N) is 1. The van der Waals surface area contributed by atoms with Gasteiger partial charge in [0.25, 0.3) is 0 Å². The van der Waals surface area contributed by atoms with E-state index in [2.05, 4.69) is 30.7 Å². The van der Waals surface area contributed by atoms with Crippen molar-refractivity contribution in [3.63, 3.8) is 0 Å². The lowest BCUT2D eigenvalue weighted by atomic mass is 9.92. The molecule has 18 heavy (non-hydrogen) atoms. The third-order valence-corrected chi connectivity index (χ3v) is 3.65. The summed E-state index contributed by atoms with van der Waals surface area (Å²) in [5, 5.41) is 0. The molecule has 1 fully saturated rings. The smallest absolute Gasteiger partial charge is 0.117 e. The molecule has 2 rings (SSSR count). The molecule has 1 aromatic rings. The van der Waals surface area contributed by atoms with Gasteiger partial charge in [-0.3, -0.25) is 4.90 Å². The molecule has 0 amide bonds. The van der Waals surface area contributed by atoms with E-state index in [0.29, 0.717) is 12.6 Å². The molecular weight excluding hydrogens is 226 g/mol. The van der Waals surface area contributed by atoms with Crippen LogP contribution in [0.25, 0.3) is 0 Å². The largest absolute Gasteiger partial charge is 0.468 e. The summed E-state index contributed by atoms with van der Waals surface area (Å²) in [6.07, 6.45) is 1.74. The molecule has 102 valence electrons. The molecular formula is C14H25N3O. The Morgan fingerprint density at radius 3 is 2.83 bits per heavy atom. The molecule has 1 saturated heterocycles. The minimum Gasteiger partial charge on any atom is -0.468 e. The zero-order valence-corrected chi connectivity index (χ0v) is 11.7. The van der Waals surface area contributed by atoms with Gasteiger partial charge in [0.2, 0.25) is 0 Å². The molecule has 2 N–H and O–H groups in total. The van der Waals surface area contributed by atoms with Crippen LogP contribution in [0.15, 0.2) is 22.8 Å². The van der Waals surface area contributed by atoms with Crippen molar-refractivity contribution in [3.8, 4) is 0 Å². The van der Waals surface area contributed by atoms with E-state index in [0.717, 1.165) is 31.9 Å². The summed E-state index contributed by atoms with van der Waals surface area (Å²) in [7, 11) is 2.18. The van der Waals surface area contributed by atoms with Crippen LogP contribution in [-0.2, 0) is 6.54 Å². The summed E-state index contributed by atoms with van der Waals surface area (Å²) in [5.41, 5.74) is 6.18. The summed E-state index contributed by atoms with van der Waals surface area (Å²) >= 11 is 0. The van der Waals surface area contributed by atoms with Gasteiger partial charge < -0.3 is 15.1 Å². The van der Waals surface area contributed by atoms with Crippen molar-refractivity contribution in [1.82, 2.24) is 9.80 Å². The van der Waals surface area contributed by atoms with Gasteiger partial charge in [-0.1, -0.05) is 13.8 Å². The molecule has 1 atom stereocenters. The molecule has 0 saturated carbocycles. The normalized spacial score (nSPS) is 26.1. The average Bonchev–Trinajstić information content (AvgIpc) is 2.72. The predicted molar refractivity (Wildman–Crippen MR) is 73.2 cm³/mol. The first-order valence-electron chi connectivity index (χ1n) is 6.65. The zero-order chi connectivity index (χ0) is 13.2. The molecule has 4 heteroatoms. The first kappa shape index (κ1) is 13.6. The predicted octanol–water partition coefficient (Wildman–Crippen LogP) is 1.38. The van der Waals surface area contributed by atoms with Gasteiger partial charge in [-0.25, -0.2) is 0 Å². The van der Waals surface area contributed by atoms with Crippen molar-refractivity contribution < 1.29 is 4.42 Å². The van der Waals surface area contributed by atoms with E-state index in [-0.39, 0.29) is 5.41 Å². The highest BCUT2D eigenvalue weighted by Crippen LogP contribution is 2.24. The second-order valence-electron chi connectivity index (χ2n) is 6.22.